The fourth-order valence-corrected chi connectivity index (χ4v) is 5.67. The smallest absolute Gasteiger partial charge is 0.210 e. The first-order valence-electron chi connectivity index (χ1n) is 13.7. The van der Waals surface area contributed by atoms with Crippen molar-refractivity contribution in [1.29, 1.82) is 0 Å². The van der Waals surface area contributed by atoms with Crippen LogP contribution in [0.5, 0.6) is 0 Å². The predicted octanol–water partition coefficient (Wildman–Crippen LogP) is 9.05. The second kappa shape index (κ2) is 13.4. The molecule has 0 fully saturated rings. The molecule has 0 saturated heterocycles. The van der Waals surface area contributed by atoms with E-state index in [1.807, 2.05) is 0 Å². The van der Waals surface area contributed by atoms with Crippen molar-refractivity contribution < 1.29 is 21.2 Å². The molecule has 0 radical (unpaired) electrons. The summed E-state index contributed by atoms with van der Waals surface area (Å²) < 4.78 is 1.49. The molecule has 0 aromatic heterocycles. The van der Waals surface area contributed by atoms with E-state index in [4.69, 9.17) is 0 Å². The minimum absolute atomic E-state index is 0. The molecule has 0 unspecified atom stereocenters. The topological polar surface area (TPSA) is 25.3 Å². The van der Waals surface area contributed by atoms with Crippen LogP contribution in [0.15, 0.2) is 35.9 Å². The summed E-state index contributed by atoms with van der Waals surface area (Å²) >= 11 is 0. The van der Waals surface area contributed by atoms with Crippen LogP contribution in [-0.4, -0.2) is 4.70 Å². The van der Waals surface area contributed by atoms with Crippen molar-refractivity contribution >= 4 is 11.4 Å². The molecule has 1 aliphatic heterocycles. The average Bonchev–Trinajstić information content (AvgIpc) is 3.20. The van der Waals surface area contributed by atoms with Crippen LogP contribution in [0.3, 0.4) is 0 Å². The Morgan fingerprint density at radius 2 is 1.06 bits per heavy atom. The van der Waals surface area contributed by atoms with E-state index in [9.17, 15) is 5.53 Å². The van der Waals surface area contributed by atoms with Crippen LogP contribution in [0.4, 0.5) is 0 Å². The van der Waals surface area contributed by atoms with E-state index in [-0.39, 0.29) is 16.5 Å². The average molecular weight is 515 g/mol. The quantitative estimate of drug-likeness (QED) is 0.211. The van der Waals surface area contributed by atoms with Crippen molar-refractivity contribution in [3.8, 4) is 0 Å². The van der Waals surface area contributed by atoms with Gasteiger partial charge in [-0.05, 0) is 109 Å². The van der Waals surface area contributed by atoms with Gasteiger partial charge in [-0.1, -0.05) is 54.9 Å². The van der Waals surface area contributed by atoms with Crippen molar-refractivity contribution in [1.82, 2.24) is 0 Å². The first-order valence-corrected chi connectivity index (χ1v) is 13.7. The van der Waals surface area contributed by atoms with Crippen LogP contribution in [0.2, 0.25) is 0 Å². The minimum Gasteiger partial charge on any atom is -0.493 e. The molecule has 0 saturated carbocycles. The van der Waals surface area contributed by atoms with E-state index in [0.717, 1.165) is 80.3 Å². The van der Waals surface area contributed by atoms with E-state index in [1.165, 1.54) is 43.7 Å². The summed E-state index contributed by atoms with van der Waals surface area (Å²) in [5.41, 5.74) is 25.7. The van der Waals surface area contributed by atoms with E-state index in [1.54, 1.807) is 0 Å². The summed E-state index contributed by atoms with van der Waals surface area (Å²) in [5.74, 6) is 0. The predicted molar refractivity (Wildman–Crippen MR) is 147 cm³/mol. The Hall–Kier alpha value is -1.99. The monoisotopic (exact) mass is 514 g/mol. The van der Waals surface area contributed by atoms with Gasteiger partial charge < -0.3 is 5.53 Å². The van der Waals surface area contributed by atoms with Crippen molar-refractivity contribution in [3.63, 3.8) is 0 Å². The summed E-state index contributed by atoms with van der Waals surface area (Å²) in [6.45, 7) is 15.7. The van der Waals surface area contributed by atoms with E-state index in [0.29, 0.717) is 0 Å². The Balaban J connectivity index is 0.00000432. The molecule has 3 rings (SSSR count). The largest absolute Gasteiger partial charge is 0.493 e. The number of aryl methyl sites for hydroxylation is 4. The zero-order valence-electron chi connectivity index (χ0n) is 23.0. The Kier molecular flexibility index (Phi) is 11.2. The number of hydrogen-bond donors (Lipinski definition) is 0. The van der Waals surface area contributed by atoms with Gasteiger partial charge in [0.25, 0.3) is 0 Å². The van der Waals surface area contributed by atoms with Crippen LogP contribution < -0.4 is 0 Å². The Bertz CT molecular complexity index is 1070. The third-order valence-corrected chi connectivity index (χ3v) is 7.52. The molecule has 0 amide bonds. The summed E-state index contributed by atoms with van der Waals surface area (Å²) in [6.07, 6.45) is 11.7. The van der Waals surface area contributed by atoms with Crippen molar-refractivity contribution in [2.75, 3.05) is 0 Å². The molecule has 3 heteroatoms. The third kappa shape index (κ3) is 5.88. The molecule has 1 aliphatic rings. The number of rotatable bonds is 11. The third-order valence-electron chi connectivity index (χ3n) is 7.52. The first-order chi connectivity index (χ1) is 16.5. The summed E-state index contributed by atoms with van der Waals surface area (Å²) in [4.78, 5) is 0. The molecule has 0 atom stereocenters. The SMILES string of the molecule is CCCCC1=C(c2cc(CC)c(CC)c(CC)c2)[N+](=[N-])C(c2cc(CC)c(CC)c(CC)c2)=C1.[Ni]. The maximum atomic E-state index is 11.6. The Labute approximate surface area is 224 Å². The van der Waals surface area contributed by atoms with Gasteiger partial charge in [-0.3, -0.25) is 0 Å². The normalized spacial score (nSPS) is 13.3. The fraction of sp³-hybridized carbons (Fsp3) is 0.500. The van der Waals surface area contributed by atoms with Crippen molar-refractivity contribution in [2.45, 2.75) is 106 Å². The summed E-state index contributed by atoms with van der Waals surface area (Å²) in [7, 11) is 0. The Morgan fingerprint density at radius 3 is 1.43 bits per heavy atom. The second-order valence-electron chi connectivity index (χ2n) is 9.49. The number of allylic oxidation sites excluding steroid dienone is 2. The van der Waals surface area contributed by atoms with Gasteiger partial charge >= 0.3 is 0 Å². The molecule has 2 aromatic rings. The van der Waals surface area contributed by atoms with Crippen LogP contribution in [0, 0.1) is 0 Å². The van der Waals surface area contributed by atoms with Gasteiger partial charge in [0.05, 0.1) is 0 Å². The number of benzene rings is 2. The number of unbranched alkanes of at least 4 members (excludes halogenated alkanes) is 1. The van der Waals surface area contributed by atoms with Crippen molar-refractivity contribution in [3.05, 3.63) is 86.0 Å². The molecule has 2 nitrogen and oxygen atoms in total. The molecule has 0 spiro atoms. The van der Waals surface area contributed by atoms with Crippen LogP contribution in [0.25, 0.3) is 16.9 Å². The molecule has 192 valence electrons. The summed E-state index contributed by atoms with van der Waals surface area (Å²) in [6, 6.07) is 9.27. The van der Waals surface area contributed by atoms with Crippen LogP contribution in [-0.2, 0) is 55.0 Å². The first kappa shape index (κ1) is 29.2. The van der Waals surface area contributed by atoms with Crippen LogP contribution in [0.1, 0.15) is 112 Å². The molecule has 1 heterocycles. The van der Waals surface area contributed by atoms with Gasteiger partial charge in [0, 0.05) is 39.3 Å². The number of hydrogen-bond acceptors (Lipinski definition) is 0. The van der Waals surface area contributed by atoms with E-state index >= 15 is 0 Å². The van der Waals surface area contributed by atoms with Crippen molar-refractivity contribution in [2.24, 2.45) is 0 Å². The molecule has 0 bridgehead atoms. The second-order valence-corrected chi connectivity index (χ2v) is 9.49. The number of nitrogens with zero attached hydrogens (tertiary/aromatic N) is 2. The van der Waals surface area contributed by atoms with E-state index < -0.39 is 0 Å². The molecular weight excluding hydrogens is 471 g/mol. The zero-order chi connectivity index (χ0) is 24.8. The van der Waals surface area contributed by atoms with Gasteiger partial charge in [0.2, 0.25) is 11.4 Å². The van der Waals surface area contributed by atoms with Gasteiger partial charge in [-0.15, -0.1) is 0 Å². The fourth-order valence-electron chi connectivity index (χ4n) is 5.67. The Morgan fingerprint density at radius 1 is 0.629 bits per heavy atom. The molecule has 35 heavy (non-hydrogen) atoms. The summed E-state index contributed by atoms with van der Waals surface area (Å²) in [5, 5.41) is 0. The van der Waals surface area contributed by atoms with Gasteiger partial charge in [-0.25, -0.2) is 4.70 Å². The zero-order valence-corrected chi connectivity index (χ0v) is 23.9. The molecular formula is C32H44N2Ni. The van der Waals surface area contributed by atoms with Gasteiger partial charge in [-0.2, -0.15) is 0 Å². The standard InChI is InChI=1S/C32H44N2.Ni/c1-8-15-16-26-21-31(27-17-22(9-2)29(13-6)23(10-3)18-27)34(33)32(26)28-19-24(11-4)30(14-7)25(12-5)20-28;/h17-21H,8-16H2,1-7H3;. The molecule has 2 aromatic carbocycles. The maximum Gasteiger partial charge on any atom is 0.210 e. The maximum absolute atomic E-state index is 11.6. The minimum atomic E-state index is 0. The molecule has 0 aliphatic carbocycles. The van der Waals surface area contributed by atoms with E-state index in [2.05, 4.69) is 78.8 Å². The van der Waals surface area contributed by atoms with Gasteiger partial charge in [0.15, 0.2) is 0 Å². The van der Waals surface area contributed by atoms with Gasteiger partial charge in [0.1, 0.15) is 0 Å². The van der Waals surface area contributed by atoms with Crippen LogP contribution >= 0.6 is 0 Å². The molecule has 0 N–H and O–H groups in total.